The van der Waals surface area contributed by atoms with Crippen LogP contribution in [0.25, 0.3) is 43.1 Å². The number of unbranched alkanes of at least 4 members (excludes halogenated alkanes) is 24. The van der Waals surface area contributed by atoms with E-state index >= 15 is 19.2 Å². The van der Waals surface area contributed by atoms with E-state index in [1.54, 1.807) is 0 Å². The van der Waals surface area contributed by atoms with Crippen LogP contribution in [0.3, 0.4) is 0 Å². The van der Waals surface area contributed by atoms with Crippen molar-refractivity contribution in [2.24, 2.45) is 0 Å². The van der Waals surface area contributed by atoms with Gasteiger partial charge in [-0.05, 0) is 130 Å². The molecule has 2 heterocycles. The molecule has 2 aliphatic heterocycles. The molecule has 532 valence electrons. The van der Waals surface area contributed by atoms with Gasteiger partial charge in [-0.25, -0.2) is 9.80 Å². The summed E-state index contributed by atoms with van der Waals surface area (Å²) in [7, 11) is 0. The second kappa shape index (κ2) is 41.8. The molecule has 16 nitrogen and oxygen atoms in total. The number of nitrogens with zero attached hydrogens (tertiary/aromatic N) is 2. The Balaban J connectivity index is 0.912. The van der Waals surface area contributed by atoms with Gasteiger partial charge >= 0.3 is 0 Å². The van der Waals surface area contributed by atoms with Crippen LogP contribution in [0.1, 0.15) is 233 Å². The van der Waals surface area contributed by atoms with Gasteiger partial charge in [0, 0.05) is 33.0 Å². The van der Waals surface area contributed by atoms with Crippen molar-refractivity contribution in [1.82, 2.24) is 0 Å². The lowest BCUT2D eigenvalue weighted by molar-refractivity contribution is 0.00360. The number of carbonyl (C=O) groups excluding carboxylic acids is 4. The predicted octanol–water partition coefficient (Wildman–Crippen LogP) is 17.4. The first-order valence-electron chi connectivity index (χ1n) is 37.5. The highest BCUT2D eigenvalue weighted by Gasteiger charge is 2.39. The molecule has 2 aliphatic rings. The molecule has 9 rings (SSSR count). The molecule has 0 saturated carbocycles. The molecule has 0 spiro atoms. The van der Waals surface area contributed by atoms with Crippen molar-refractivity contribution in [3.05, 3.63) is 118 Å². The van der Waals surface area contributed by atoms with E-state index in [2.05, 4.69) is 13.8 Å². The summed E-state index contributed by atoms with van der Waals surface area (Å²) < 4.78 is 45.6. The fraction of sp³-hybridized carbons (Fsp3) is 0.561. The molecule has 7 aromatic rings. The smallest absolute Gasteiger partial charge is 0.265 e. The molecule has 4 amide bonds. The summed E-state index contributed by atoms with van der Waals surface area (Å²) in [6, 6.07) is 26.5. The van der Waals surface area contributed by atoms with Crippen molar-refractivity contribution in [1.29, 1.82) is 0 Å². The molecular formula is C82H110N2O14. The van der Waals surface area contributed by atoms with Gasteiger partial charge in [0.05, 0.1) is 104 Å². The molecule has 0 fully saturated rings. The number of aliphatic hydroxyl groups excluding tert-OH is 2. The number of fused-ring (bicyclic) bond motifs is 2. The standard InChI is InChI=1S/C82H110N2O14/c1-3-5-7-9-11-13-15-17-19-21-23-25-27-29-61-59-63(97-57-55-95-53-51-93-49-47-91-45-43-85)31-41-73(61)83-79(87)69-37-33-65-67-35-39-71-78-72(40-36-68(76(67)78)66-34-38-70(80(83)88)77(69)75(65)66)82(90)84(81(71)89)74-42-32-64(98-58-56-96-54-52-94-50-48-92-46-44-86)60-62(74)30-28-26-24-22-20-18-16-14-12-10-8-6-4-2/h31-42,59-60,85-86H,3-30,43-58H2,1-2H3. The summed E-state index contributed by atoms with van der Waals surface area (Å²) in [5.41, 5.74) is 4.54. The van der Waals surface area contributed by atoms with E-state index < -0.39 is 23.6 Å². The Morgan fingerprint density at radius 1 is 0.286 bits per heavy atom. The van der Waals surface area contributed by atoms with Crippen molar-refractivity contribution in [3.8, 4) is 11.5 Å². The van der Waals surface area contributed by atoms with Gasteiger partial charge < -0.3 is 48.1 Å². The molecule has 0 saturated heterocycles. The minimum absolute atomic E-state index is 0.0226. The largest absolute Gasteiger partial charge is 0.491 e. The first-order valence-corrected chi connectivity index (χ1v) is 37.5. The van der Waals surface area contributed by atoms with Crippen LogP contribution in [0.2, 0.25) is 0 Å². The number of hydrogen-bond acceptors (Lipinski definition) is 14. The number of hydrogen-bond donors (Lipinski definition) is 2. The molecule has 0 aromatic heterocycles. The molecule has 0 atom stereocenters. The zero-order valence-corrected chi connectivity index (χ0v) is 58.9. The summed E-state index contributed by atoms with van der Waals surface area (Å²) in [5, 5.41) is 23.9. The van der Waals surface area contributed by atoms with Crippen molar-refractivity contribution >= 4 is 78.1 Å². The Bertz CT molecular complexity index is 3250. The number of aryl methyl sites for hydroxylation is 2. The topological polar surface area (TPSA) is 189 Å². The molecule has 7 aromatic carbocycles. The summed E-state index contributed by atoms with van der Waals surface area (Å²) >= 11 is 0. The first kappa shape index (κ1) is 75.6. The van der Waals surface area contributed by atoms with Crippen LogP contribution in [0.15, 0.2) is 84.9 Å². The second-order valence-electron chi connectivity index (χ2n) is 26.4. The van der Waals surface area contributed by atoms with Crippen molar-refractivity contribution < 1.29 is 67.3 Å². The maximum absolute atomic E-state index is 15.2. The van der Waals surface area contributed by atoms with Crippen LogP contribution in [0.5, 0.6) is 11.5 Å². The van der Waals surface area contributed by atoms with Gasteiger partial charge in [-0.1, -0.05) is 192 Å². The average molecular weight is 1350 g/mol. The van der Waals surface area contributed by atoms with Crippen LogP contribution in [0.4, 0.5) is 11.4 Å². The maximum atomic E-state index is 15.2. The van der Waals surface area contributed by atoms with E-state index in [0.29, 0.717) is 148 Å². The van der Waals surface area contributed by atoms with Gasteiger partial charge in [-0.2, -0.15) is 0 Å². The van der Waals surface area contributed by atoms with Gasteiger partial charge in [-0.3, -0.25) is 19.2 Å². The number of rotatable bonds is 54. The zero-order valence-electron chi connectivity index (χ0n) is 58.9. The second-order valence-corrected chi connectivity index (χ2v) is 26.4. The average Bonchev–Trinajstić information content (AvgIpc) is 0.690. The van der Waals surface area contributed by atoms with Crippen molar-refractivity contribution in [2.75, 3.05) is 116 Å². The molecule has 0 unspecified atom stereocenters. The van der Waals surface area contributed by atoms with Gasteiger partial charge in [0.25, 0.3) is 23.6 Å². The van der Waals surface area contributed by atoms with Crippen LogP contribution < -0.4 is 19.3 Å². The van der Waals surface area contributed by atoms with Crippen molar-refractivity contribution in [3.63, 3.8) is 0 Å². The highest BCUT2D eigenvalue weighted by atomic mass is 16.6. The maximum Gasteiger partial charge on any atom is 0.265 e. The fourth-order valence-electron chi connectivity index (χ4n) is 14.2. The third-order valence-electron chi connectivity index (χ3n) is 19.3. The summed E-state index contributed by atoms with van der Waals surface area (Å²) in [6.07, 6.45) is 33.3. The molecule has 98 heavy (non-hydrogen) atoms. The van der Waals surface area contributed by atoms with Crippen LogP contribution in [-0.2, 0) is 41.3 Å². The molecular weight excluding hydrogens is 1240 g/mol. The number of ether oxygens (including phenoxy) is 8. The molecule has 0 aliphatic carbocycles. The summed E-state index contributed by atoms with van der Waals surface area (Å²) in [5.74, 6) is -0.324. The number of amides is 4. The lowest BCUT2D eigenvalue weighted by Gasteiger charge is -2.31. The van der Waals surface area contributed by atoms with Crippen LogP contribution in [-0.4, -0.2) is 140 Å². The highest BCUT2D eigenvalue weighted by Crippen LogP contribution is 2.48. The SMILES string of the molecule is CCCCCCCCCCCCCCCc1cc(OCCOCCOCCOCCO)ccc1N1C(=O)c2ccc3c4ccc5c6c(ccc(c7ccc(c2c37)C1=O)c64)C(=O)N(c1ccc(OCCOCCOCCOCCO)cc1CCCCCCCCCCCCCCC)C5=O. The number of carbonyl (C=O) groups is 4. The normalized spacial score (nSPS) is 13.1. The quantitative estimate of drug-likeness (QED) is 0.0158. The fourth-order valence-corrected chi connectivity index (χ4v) is 14.2. The monoisotopic (exact) mass is 1350 g/mol. The van der Waals surface area contributed by atoms with E-state index in [1.807, 2.05) is 84.9 Å². The van der Waals surface area contributed by atoms with Crippen LogP contribution in [0, 0.1) is 0 Å². The number of imide groups is 2. The van der Waals surface area contributed by atoms with E-state index in [1.165, 1.54) is 138 Å². The van der Waals surface area contributed by atoms with E-state index in [0.717, 1.165) is 82.0 Å². The molecule has 0 bridgehead atoms. The van der Waals surface area contributed by atoms with Crippen molar-refractivity contribution in [2.45, 2.75) is 194 Å². The van der Waals surface area contributed by atoms with Gasteiger partial charge in [0.15, 0.2) is 0 Å². The Morgan fingerprint density at radius 3 is 0.816 bits per heavy atom. The first-order chi connectivity index (χ1) is 48.3. The van der Waals surface area contributed by atoms with Gasteiger partial charge in [-0.15, -0.1) is 0 Å². The highest BCUT2D eigenvalue weighted by molar-refractivity contribution is 6.45. The predicted molar refractivity (Wildman–Crippen MR) is 392 cm³/mol. The number of anilines is 2. The summed E-state index contributed by atoms with van der Waals surface area (Å²) in [6.45, 7) is 9.59. The van der Waals surface area contributed by atoms with E-state index in [-0.39, 0.29) is 26.4 Å². The Morgan fingerprint density at radius 2 is 0.541 bits per heavy atom. The van der Waals surface area contributed by atoms with E-state index in [9.17, 15) is 0 Å². The number of aliphatic hydroxyl groups is 2. The number of benzene rings is 7. The molecule has 2 N–H and O–H groups in total. The van der Waals surface area contributed by atoms with Crippen LogP contribution >= 0.6 is 0 Å². The lowest BCUT2D eigenvalue weighted by Crippen LogP contribution is -2.41. The Hall–Kier alpha value is -6.60. The third kappa shape index (κ3) is 20.8. The third-order valence-corrected chi connectivity index (χ3v) is 19.3. The summed E-state index contributed by atoms with van der Waals surface area (Å²) in [4.78, 5) is 63.6. The minimum Gasteiger partial charge on any atom is -0.491 e. The Labute approximate surface area is 581 Å². The van der Waals surface area contributed by atoms with Gasteiger partial charge in [0.2, 0.25) is 0 Å². The Kier molecular flexibility index (Phi) is 32.3. The lowest BCUT2D eigenvalue weighted by atomic mass is 9.82. The minimum atomic E-state index is -0.396. The van der Waals surface area contributed by atoms with E-state index in [4.69, 9.17) is 48.1 Å². The zero-order chi connectivity index (χ0) is 68.5. The molecule has 16 heteroatoms. The van der Waals surface area contributed by atoms with Gasteiger partial charge in [0.1, 0.15) is 24.7 Å². The molecule has 0 radical (unpaired) electrons.